The predicted molar refractivity (Wildman–Crippen MR) is 70.8 cm³/mol. The Morgan fingerprint density at radius 1 is 1.56 bits per heavy atom. The van der Waals surface area contributed by atoms with Crippen molar-refractivity contribution in [2.45, 2.75) is 44.7 Å². The lowest BCUT2D eigenvalue weighted by Gasteiger charge is -2.39. The Morgan fingerprint density at radius 3 is 3.12 bits per heavy atom. The van der Waals surface area contributed by atoms with E-state index in [0.717, 1.165) is 13.0 Å². The van der Waals surface area contributed by atoms with Crippen LogP contribution in [0.3, 0.4) is 0 Å². The average molecular weight is 238 g/mol. The molecular weight excluding hydrogens is 216 g/mol. The van der Waals surface area contributed by atoms with E-state index in [1.807, 2.05) is 0 Å². The zero-order valence-electron chi connectivity index (χ0n) is 10.1. The molecule has 0 aromatic carbocycles. The first-order valence-corrected chi connectivity index (χ1v) is 7.25. The molecule has 2 atom stereocenters. The highest BCUT2D eigenvalue weighted by Gasteiger charge is 2.26. The summed E-state index contributed by atoms with van der Waals surface area (Å²) >= 11 is 1.80. The Bertz CT molecular complexity index is 295. The molecule has 0 bridgehead atoms. The molecule has 0 aliphatic carbocycles. The molecule has 1 saturated heterocycles. The maximum absolute atomic E-state index is 5.72. The fourth-order valence-electron chi connectivity index (χ4n) is 2.74. The van der Waals surface area contributed by atoms with Crippen molar-refractivity contribution in [2.24, 2.45) is 5.73 Å². The number of hydrogen-bond acceptors (Lipinski definition) is 3. The van der Waals surface area contributed by atoms with E-state index in [0.29, 0.717) is 12.1 Å². The molecule has 2 heterocycles. The van der Waals surface area contributed by atoms with Crippen LogP contribution in [0, 0.1) is 0 Å². The van der Waals surface area contributed by atoms with Crippen molar-refractivity contribution in [1.29, 1.82) is 0 Å². The minimum absolute atomic E-state index is 0.558. The van der Waals surface area contributed by atoms with Gasteiger partial charge < -0.3 is 5.73 Å². The van der Waals surface area contributed by atoms with Gasteiger partial charge in [-0.3, -0.25) is 4.90 Å². The van der Waals surface area contributed by atoms with Gasteiger partial charge >= 0.3 is 0 Å². The van der Waals surface area contributed by atoms with Gasteiger partial charge in [0.15, 0.2) is 0 Å². The van der Waals surface area contributed by atoms with Gasteiger partial charge in [-0.25, -0.2) is 0 Å². The monoisotopic (exact) mass is 238 g/mol. The third-order valence-electron chi connectivity index (χ3n) is 3.70. The summed E-state index contributed by atoms with van der Waals surface area (Å²) in [4.78, 5) is 2.65. The fourth-order valence-corrected chi connectivity index (χ4v) is 3.49. The third-order valence-corrected chi connectivity index (χ3v) is 4.40. The van der Waals surface area contributed by atoms with E-state index in [1.54, 1.807) is 11.3 Å². The standard InChI is InChI=1S/C13H22N2S/c1-11(12-6-9-16-10-12)15-8-3-2-4-13(15)5-7-14/h6,9-11,13H,2-5,7-8,14H2,1H3. The normalized spacial score (nSPS) is 24.5. The first-order chi connectivity index (χ1) is 7.83. The van der Waals surface area contributed by atoms with Gasteiger partial charge in [0.1, 0.15) is 0 Å². The van der Waals surface area contributed by atoms with Crippen LogP contribution in [0.5, 0.6) is 0 Å². The molecule has 2 unspecified atom stereocenters. The lowest BCUT2D eigenvalue weighted by atomic mass is 9.96. The smallest absolute Gasteiger partial charge is 0.0331 e. The quantitative estimate of drug-likeness (QED) is 0.873. The molecule has 0 spiro atoms. The van der Waals surface area contributed by atoms with E-state index in [2.05, 4.69) is 28.7 Å². The SMILES string of the molecule is CC(c1ccsc1)N1CCCCC1CCN. The molecule has 0 radical (unpaired) electrons. The van der Waals surface area contributed by atoms with Gasteiger partial charge in [-0.1, -0.05) is 6.42 Å². The fraction of sp³-hybridized carbons (Fsp3) is 0.692. The second-order valence-electron chi connectivity index (χ2n) is 4.70. The molecule has 3 heteroatoms. The molecule has 0 saturated carbocycles. The number of likely N-dealkylation sites (tertiary alicyclic amines) is 1. The summed E-state index contributed by atoms with van der Waals surface area (Å²) in [6.45, 7) is 4.39. The van der Waals surface area contributed by atoms with Crippen molar-refractivity contribution in [3.8, 4) is 0 Å². The highest BCUT2D eigenvalue weighted by atomic mass is 32.1. The van der Waals surface area contributed by atoms with E-state index in [-0.39, 0.29) is 0 Å². The van der Waals surface area contributed by atoms with Crippen LogP contribution in [0.1, 0.15) is 44.2 Å². The molecule has 1 fully saturated rings. The second kappa shape index (κ2) is 5.80. The summed E-state index contributed by atoms with van der Waals surface area (Å²) in [5, 5.41) is 4.45. The minimum Gasteiger partial charge on any atom is -0.330 e. The Labute approximate surface area is 102 Å². The van der Waals surface area contributed by atoms with Gasteiger partial charge in [0.25, 0.3) is 0 Å². The Kier molecular flexibility index (Phi) is 4.38. The molecule has 2 nitrogen and oxygen atoms in total. The van der Waals surface area contributed by atoms with Gasteiger partial charge in [-0.2, -0.15) is 11.3 Å². The highest BCUT2D eigenvalue weighted by Crippen LogP contribution is 2.30. The van der Waals surface area contributed by atoms with E-state index < -0.39 is 0 Å². The molecule has 1 aliphatic heterocycles. The summed E-state index contributed by atoms with van der Waals surface area (Å²) in [5.41, 5.74) is 7.18. The topological polar surface area (TPSA) is 29.3 Å². The maximum Gasteiger partial charge on any atom is 0.0331 e. The Hall–Kier alpha value is -0.380. The van der Waals surface area contributed by atoms with Crippen LogP contribution in [-0.2, 0) is 0 Å². The van der Waals surface area contributed by atoms with Crippen LogP contribution in [-0.4, -0.2) is 24.0 Å². The minimum atomic E-state index is 0.558. The summed E-state index contributed by atoms with van der Waals surface area (Å²) in [7, 11) is 0. The van der Waals surface area contributed by atoms with Gasteiger partial charge in [-0.15, -0.1) is 0 Å². The number of rotatable bonds is 4. The largest absolute Gasteiger partial charge is 0.330 e. The molecule has 16 heavy (non-hydrogen) atoms. The van der Waals surface area contributed by atoms with Gasteiger partial charge in [0, 0.05) is 12.1 Å². The van der Waals surface area contributed by atoms with E-state index in [1.165, 1.54) is 31.4 Å². The number of piperidine rings is 1. The third kappa shape index (κ3) is 2.65. The van der Waals surface area contributed by atoms with Gasteiger partial charge in [-0.05, 0) is 61.7 Å². The molecule has 1 aliphatic rings. The van der Waals surface area contributed by atoms with Crippen LogP contribution in [0.2, 0.25) is 0 Å². The molecule has 1 aromatic rings. The van der Waals surface area contributed by atoms with Crippen LogP contribution >= 0.6 is 11.3 Å². The van der Waals surface area contributed by atoms with Crippen molar-refractivity contribution >= 4 is 11.3 Å². The number of nitrogens with zero attached hydrogens (tertiary/aromatic N) is 1. The van der Waals surface area contributed by atoms with Crippen LogP contribution < -0.4 is 5.73 Å². The molecule has 2 rings (SSSR count). The molecule has 1 aromatic heterocycles. The number of nitrogens with two attached hydrogens (primary N) is 1. The number of hydrogen-bond donors (Lipinski definition) is 1. The van der Waals surface area contributed by atoms with E-state index >= 15 is 0 Å². The maximum atomic E-state index is 5.72. The second-order valence-corrected chi connectivity index (χ2v) is 5.48. The van der Waals surface area contributed by atoms with Gasteiger partial charge in [0.2, 0.25) is 0 Å². The van der Waals surface area contributed by atoms with Crippen molar-refractivity contribution < 1.29 is 0 Å². The van der Waals surface area contributed by atoms with Crippen molar-refractivity contribution in [2.75, 3.05) is 13.1 Å². The summed E-state index contributed by atoms with van der Waals surface area (Å²) in [6.07, 6.45) is 5.19. The summed E-state index contributed by atoms with van der Waals surface area (Å²) in [6, 6.07) is 3.51. The first kappa shape index (κ1) is 12.1. The van der Waals surface area contributed by atoms with Crippen molar-refractivity contribution in [1.82, 2.24) is 4.90 Å². The van der Waals surface area contributed by atoms with E-state index in [4.69, 9.17) is 5.73 Å². The summed E-state index contributed by atoms with van der Waals surface area (Å²) < 4.78 is 0. The highest BCUT2D eigenvalue weighted by molar-refractivity contribution is 7.07. The molecule has 0 amide bonds. The molecule has 90 valence electrons. The predicted octanol–water partition coefficient (Wildman–Crippen LogP) is 3.01. The zero-order chi connectivity index (χ0) is 11.4. The zero-order valence-corrected chi connectivity index (χ0v) is 10.9. The Balaban J connectivity index is 2.04. The number of thiophene rings is 1. The van der Waals surface area contributed by atoms with Gasteiger partial charge in [0.05, 0.1) is 0 Å². The first-order valence-electron chi connectivity index (χ1n) is 6.31. The lowest BCUT2D eigenvalue weighted by molar-refractivity contribution is 0.0986. The van der Waals surface area contributed by atoms with Crippen LogP contribution in [0.15, 0.2) is 16.8 Å². The Morgan fingerprint density at radius 2 is 2.44 bits per heavy atom. The van der Waals surface area contributed by atoms with Crippen LogP contribution in [0.4, 0.5) is 0 Å². The average Bonchev–Trinajstić information content (AvgIpc) is 2.83. The lowest BCUT2D eigenvalue weighted by Crippen LogP contribution is -2.42. The molecular formula is C13H22N2S. The van der Waals surface area contributed by atoms with Crippen molar-refractivity contribution in [3.05, 3.63) is 22.4 Å². The van der Waals surface area contributed by atoms with Crippen molar-refractivity contribution in [3.63, 3.8) is 0 Å². The summed E-state index contributed by atoms with van der Waals surface area (Å²) in [5.74, 6) is 0. The van der Waals surface area contributed by atoms with Crippen LogP contribution in [0.25, 0.3) is 0 Å². The molecule has 2 N–H and O–H groups in total. The van der Waals surface area contributed by atoms with E-state index in [9.17, 15) is 0 Å².